The van der Waals surface area contributed by atoms with Gasteiger partial charge in [0, 0.05) is 57.9 Å². The quantitative estimate of drug-likeness (QED) is 0.670. The smallest absolute Gasteiger partial charge is 0.410 e. The van der Waals surface area contributed by atoms with Gasteiger partial charge in [0.25, 0.3) is 0 Å². The molecule has 2 fully saturated rings. The van der Waals surface area contributed by atoms with Crippen LogP contribution in [0.3, 0.4) is 0 Å². The number of ether oxygens (including phenoxy) is 2. The van der Waals surface area contributed by atoms with Crippen LogP contribution in [-0.4, -0.2) is 68.8 Å². The van der Waals surface area contributed by atoms with Crippen LogP contribution in [0.1, 0.15) is 18.4 Å². The van der Waals surface area contributed by atoms with Crippen molar-refractivity contribution >= 4 is 17.5 Å². The number of amides is 1. The van der Waals surface area contributed by atoms with Crippen LogP contribution in [0.5, 0.6) is 5.75 Å². The molecule has 33 heavy (non-hydrogen) atoms. The Morgan fingerprint density at radius 2 is 1.76 bits per heavy atom. The van der Waals surface area contributed by atoms with Gasteiger partial charge >= 0.3 is 6.09 Å². The van der Waals surface area contributed by atoms with Crippen molar-refractivity contribution in [3.63, 3.8) is 0 Å². The van der Waals surface area contributed by atoms with E-state index in [1.54, 1.807) is 13.2 Å². The molecular formula is C25H33FN4O3. The number of nitrogen functional groups attached to an aromatic ring is 1. The molecule has 2 N–H and O–H groups in total. The normalized spacial score (nSPS) is 17.8. The van der Waals surface area contributed by atoms with Gasteiger partial charge in [-0.05, 0) is 24.3 Å². The second-order valence-corrected chi connectivity index (χ2v) is 8.80. The van der Waals surface area contributed by atoms with Crippen LogP contribution in [0.4, 0.5) is 20.6 Å². The summed E-state index contributed by atoms with van der Waals surface area (Å²) in [4.78, 5) is 18.7. The Labute approximate surface area is 194 Å². The molecule has 4 rings (SSSR count). The predicted molar refractivity (Wildman–Crippen MR) is 127 cm³/mol. The third kappa shape index (κ3) is 5.87. The van der Waals surface area contributed by atoms with Crippen LogP contribution in [0, 0.1) is 11.7 Å². The van der Waals surface area contributed by atoms with Gasteiger partial charge in [-0.25, -0.2) is 9.18 Å². The van der Waals surface area contributed by atoms with Crippen molar-refractivity contribution < 1.29 is 18.7 Å². The van der Waals surface area contributed by atoms with Gasteiger partial charge in [0.05, 0.1) is 18.5 Å². The van der Waals surface area contributed by atoms with Crippen molar-refractivity contribution in [3.8, 4) is 5.75 Å². The van der Waals surface area contributed by atoms with Gasteiger partial charge in [-0.3, -0.25) is 4.90 Å². The van der Waals surface area contributed by atoms with Crippen LogP contribution in [0.2, 0.25) is 0 Å². The first-order valence-electron chi connectivity index (χ1n) is 11.6. The van der Waals surface area contributed by atoms with E-state index in [1.165, 1.54) is 6.07 Å². The van der Waals surface area contributed by atoms with Gasteiger partial charge in [-0.15, -0.1) is 0 Å². The number of likely N-dealkylation sites (tertiary alicyclic amines) is 1. The standard InChI is InChI=1S/C25H33FN4O3/c1-32-24-16-23(21(26)15-22(24)27)29-13-11-28(12-14-29)17-19-7-9-30(10-8-19)25(31)33-18-20-5-3-2-4-6-20/h2-6,15-16,19H,7-14,17-18,27H2,1H3. The van der Waals surface area contributed by atoms with E-state index >= 15 is 0 Å². The molecule has 0 saturated carbocycles. The van der Waals surface area contributed by atoms with E-state index in [1.807, 2.05) is 35.2 Å². The first-order chi connectivity index (χ1) is 16.0. The summed E-state index contributed by atoms with van der Waals surface area (Å²) in [6, 6.07) is 12.8. The van der Waals surface area contributed by atoms with Crippen LogP contribution in [-0.2, 0) is 11.3 Å². The van der Waals surface area contributed by atoms with Gasteiger partial charge < -0.3 is 25.0 Å². The summed E-state index contributed by atoms with van der Waals surface area (Å²) in [5, 5.41) is 0. The average Bonchev–Trinajstić information content (AvgIpc) is 2.84. The third-order valence-corrected chi connectivity index (χ3v) is 6.61. The SMILES string of the molecule is COc1cc(N2CCN(CC3CCN(C(=O)OCc4ccccc4)CC3)CC2)c(F)cc1N. The van der Waals surface area contributed by atoms with E-state index in [0.717, 1.165) is 64.2 Å². The van der Waals surface area contributed by atoms with Crippen molar-refractivity contribution in [1.29, 1.82) is 0 Å². The highest BCUT2D eigenvalue weighted by molar-refractivity contribution is 5.67. The van der Waals surface area contributed by atoms with Crippen LogP contribution >= 0.6 is 0 Å². The number of anilines is 2. The van der Waals surface area contributed by atoms with E-state index in [2.05, 4.69) is 9.80 Å². The fourth-order valence-corrected chi connectivity index (χ4v) is 4.62. The minimum atomic E-state index is -0.312. The zero-order valence-corrected chi connectivity index (χ0v) is 19.2. The van der Waals surface area contributed by atoms with Crippen molar-refractivity contribution in [1.82, 2.24) is 9.80 Å². The molecule has 0 radical (unpaired) electrons. The molecule has 0 unspecified atom stereocenters. The molecule has 0 aromatic heterocycles. The molecule has 7 nitrogen and oxygen atoms in total. The predicted octanol–water partition coefficient (Wildman–Crippen LogP) is 3.59. The fourth-order valence-electron chi connectivity index (χ4n) is 4.62. The molecule has 178 valence electrons. The largest absolute Gasteiger partial charge is 0.495 e. The highest BCUT2D eigenvalue weighted by Crippen LogP contribution is 2.31. The highest BCUT2D eigenvalue weighted by Gasteiger charge is 2.27. The molecular weight excluding hydrogens is 423 g/mol. The number of hydrogen-bond donors (Lipinski definition) is 1. The second-order valence-electron chi connectivity index (χ2n) is 8.80. The zero-order valence-electron chi connectivity index (χ0n) is 19.2. The summed E-state index contributed by atoms with van der Waals surface area (Å²) in [5.74, 6) is 0.749. The summed E-state index contributed by atoms with van der Waals surface area (Å²) in [6.45, 7) is 6.06. The zero-order chi connectivity index (χ0) is 23.2. The van der Waals surface area contributed by atoms with Crippen molar-refractivity contribution in [2.45, 2.75) is 19.4 Å². The van der Waals surface area contributed by atoms with E-state index in [4.69, 9.17) is 15.2 Å². The van der Waals surface area contributed by atoms with E-state index in [9.17, 15) is 9.18 Å². The van der Waals surface area contributed by atoms with Crippen LogP contribution < -0.4 is 15.4 Å². The molecule has 2 aliphatic heterocycles. The number of benzene rings is 2. The van der Waals surface area contributed by atoms with Gasteiger partial charge in [0.1, 0.15) is 18.2 Å². The molecule has 0 aliphatic carbocycles. The van der Waals surface area contributed by atoms with Crippen molar-refractivity contribution in [2.24, 2.45) is 5.92 Å². The van der Waals surface area contributed by atoms with Gasteiger partial charge in [-0.1, -0.05) is 30.3 Å². The summed E-state index contributed by atoms with van der Waals surface area (Å²) >= 11 is 0. The Bertz CT molecular complexity index is 927. The lowest BCUT2D eigenvalue weighted by molar-refractivity contribution is 0.0768. The molecule has 0 atom stereocenters. The summed E-state index contributed by atoms with van der Waals surface area (Å²) in [5.41, 5.74) is 7.66. The number of piperidine rings is 1. The monoisotopic (exact) mass is 456 g/mol. The van der Waals surface area contributed by atoms with E-state index < -0.39 is 0 Å². The molecule has 1 amide bonds. The molecule has 2 aromatic carbocycles. The molecule has 2 saturated heterocycles. The summed E-state index contributed by atoms with van der Waals surface area (Å²) in [7, 11) is 1.54. The topological polar surface area (TPSA) is 71.3 Å². The maximum Gasteiger partial charge on any atom is 0.410 e. The number of carbonyl (C=O) groups excluding carboxylic acids is 1. The Kier molecular flexibility index (Phi) is 7.54. The fraction of sp³-hybridized carbons (Fsp3) is 0.480. The Balaban J connectivity index is 1.19. The molecule has 2 heterocycles. The number of piperazine rings is 1. The maximum absolute atomic E-state index is 14.4. The van der Waals surface area contributed by atoms with Gasteiger partial charge in [0.15, 0.2) is 0 Å². The lowest BCUT2D eigenvalue weighted by Gasteiger charge is -2.39. The molecule has 0 spiro atoms. The Hall–Kier alpha value is -3.00. The molecule has 8 heteroatoms. The number of methoxy groups -OCH3 is 1. The second kappa shape index (κ2) is 10.7. The van der Waals surface area contributed by atoms with Gasteiger partial charge in [0.2, 0.25) is 0 Å². The van der Waals surface area contributed by atoms with Gasteiger partial charge in [-0.2, -0.15) is 0 Å². The van der Waals surface area contributed by atoms with E-state index in [-0.39, 0.29) is 11.9 Å². The lowest BCUT2D eigenvalue weighted by Crippen LogP contribution is -2.49. The summed E-state index contributed by atoms with van der Waals surface area (Å²) in [6.07, 6.45) is 1.72. The number of halogens is 1. The number of nitrogens with two attached hydrogens (primary N) is 1. The Morgan fingerprint density at radius 1 is 1.06 bits per heavy atom. The highest BCUT2D eigenvalue weighted by atomic mass is 19.1. The molecule has 0 bridgehead atoms. The number of carbonyl (C=O) groups is 1. The van der Waals surface area contributed by atoms with Crippen LogP contribution in [0.25, 0.3) is 0 Å². The van der Waals surface area contributed by atoms with Crippen molar-refractivity contribution in [2.75, 3.05) is 63.6 Å². The van der Waals surface area contributed by atoms with E-state index in [0.29, 0.717) is 29.6 Å². The first-order valence-corrected chi connectivity index (χ1v) is 11.6. The van der Waals surface area contributed by atoms with Crippen molar-refractivity contribution in [3.05, 3.63) is 53.8 Å². The number of hydrogen-bond acceptors (Lipinski definition) is 6. The maximum atomic E-state index is 14.4. The average molecular weight is 457 g/mol. The van der Waals surface area contributed by atoms with Crippen LogP contribution in [0.15, 0.2) is 42.5 Å². The number of nitrogens with zero attached hydrogens (tertiary/aromatic N) is 3. The Morgan fingerprint density at radius 3 is 2.42 bits per heavy atom. The molecule has 2 aliphatic rings. The minimum absolute atomic E-state index is 0.230. The minimum Gasteiger partial charge on any atom is -0.495 e. The first kappa shape index (κ1) is 23.2. The lowest BCUT2D eigenvalue weighted by atomic mass is 9.96. The molecule has 2 aromatic rings. The third-order valence-electron chi connectivity index (χ3n) is 6.61. The number of rotatable bonds is 6. The summed E-state index contributed by atoms with van der Waals surface area (Å²) < 4.78 is 25.2.